The summed E-state index contributed by atoms with van der Waals surface area (Å²) in [4.78, 5) is 0. The first-order chi connectivity index (χ1) is 7.09. The molecule has 13 heavy (non-hydrogen) atoms. The van der Waals surface area contributed by atoms with Crippen molar-refractivity contribution in [3.8, 4) is 11.5 Å². The van der Waals surface area contributed by atoms with Crippen LogP contribution in [0.2, 0.25) is 0 Å². The van der Waals surface area contributed by atoms with Gasteiger partial charge in [0.15, 0.2) is 0 Å². The Bertz CT molecular complexity index is 378. The Morgan fingerprint density at radius 2 is 2.08 bits per heavy atom. The molecular formula is C11H16O2. The molecule has 0 amide bonds. The molecule has 0 aliphatic carbocycles. The molecule has 0 aromatic heterocycles. The highest BCUT2D eigenvalue weighted by Crippen LogP contribution is 2.33. The van der Waals surface area contributed by atoms with Gasteiger partial charge < -0.3 is 9.84 Å². The van der Waals surface area contributed by atoms with Crippen LogP contribution in [-0.4, -0.2) is 12.1 Å². The van der Waals surface area contributed by atoms with Gasteiger partial charge in [-0.3, -0.25) is 0 Å². The van der Waals surface area contributed by atoms with Crippen molar-refractivity contribution in [1.82, 2.24) is 0 Å². The summed E-state index contributed by atoms with van der Waals surface area (Å²) in [6.07, 6.45) is 0. The van der Waals surface area contributed by atoms with Crippen LogP contribution < -0.4 is 4.74 Å². The Kier molecular flexibility index (Phi) is 1.59. The topological polar surface area (TPSA) is 29.5 Å². The quantitative estimate of drug-likeness (QED) is 0.725. The van der Waals surface area contributed by atoms with Crippen molar-refractivity contribution in [1.29, 1.82) is 0 Å². The van der Waals surface area contributed by atoms with Gasteiger partial charge in [0, 0.05) is 5.56 Å². The first kappa shape index (κ1) is 6.30. The summed E-state index contributed by atoms with van der Waals surface area (Å²) in [6.45, 7) is 5.80. The van der Waals surface area contributed by atoms with Crippen molar-refractivity contribution in [2.75, 3.05) is 7.04 Å². The molecule has 0 saturated heterocycles. The number of methoxy groups -OCH3 is 1. The maximum absolute atomic E-state index is 9.67. The standard InChI is InChI=1S/C11H16O2/c1-11(2,3)9-7-8(13-4)5-6-10(9)12/h5-7,12H,1-4H3/i4D3. The minimum absolute atomic E-state index is 0.144. The lowest BCUT2D eigenvalue weighted by Crippen LogP contribution is -2.11. The minimum atomic E-state index is -2.47. The highest BCUT2D eigenvalue weighted by molar-refractivity contribution is 5.43. The zero-order valence-corrected chi connectivity index (χ0v) is 8.09. The molecule has 2 nitrogen and oxygen atoms in total. The first-order valence-corrected chi connectivity index (χ1v) is 4.12. The molecule has 0 spiro atoms. The zero-order valence-electron chi connectivity index (χ0n) is 11.1. The third-order valence-electron chi connectivity index (χ3n) is 1.89. The lowest BCUT2D eigenvalue weighted by molar-refractivity contribution is 0.405. The van der Waals surface area contributed by atoms with Crippen molar-refractivity contribution < 1.29 is 14.0 Å². The molecule has 72 valence electrons. The molecule has 0 unspecified atom stereocenters. The van der Waals surface area contributed by atoms with E-state index in [4.69, 9.17) is 8.85 Å². The summed E-state index contributed by atoms with van der Waals surface area (Å²) in [5.41, 5.74) is 0.396. The average Bonchev–Trinajstić information content (AvgIpc) is 2.04. The van der Waals surface area contributed by atoms with Gasteiger partial charge in [0.25, 0.3) is 0 Å². The summed E-state index contributed by atoms with van der Waals surface area (Å²) < 4.78 is 25.8. The molecule has 1 aromatic rings. The number of phenolic OH excluding ortho intramolecular Hbond substituents is 1. The molecule has 0 saturated carbocycles. The minimum Gasteiger partial charge on any atom is -0.508 e. The van der Waals surface area contributed by atoms with Gasteiger partial charge in [-0.2, -0.15) is 0 Å². The maximum atomic E-state index is 9.67. The van der Waals surface area contributed by atoms with Gasteiger partial charge >= 0.3 is 0 Å². The van der Waals surface area contributed by atoms with Crippen LogP contribution in [0, 0.1) is 0 Å². The second-order valence-corrected chi connectivity index (χ2v) is 4.03. The van der Waals surface area contributed by atoms with Crippen molar-refractivity contribution in [2.45, 2.75) is 26.2 Å². The molecule has 1 aromatic carbocycles. The predicted molar refractivity (Wildman–Crippen MR) is 53.4 cm³/mol. The molecule has 0 fully saturated rings. The van der Waals surface area contributed by atoms with E-state index in [-0.39, 0.29) is 16.9 Å². The molecule has 1 N–H and O–H groups in total. The molecular weight excluding hydrogens is 164 g/mol. The lowest BCUT2D eigenvalue weighted by Gasteiger charge is -2.20. The monoisotopic (exact) mass is 183 g/mol. The van der Waals surface area contributed by atoms with Crippen LogP contribution >= 0.6 is 0 Å². The van der Waals surface area contributed by atoms with Gasteiger partial charge in [-0.15, -0.1) is 0 Å². The maximum Gasteiger partial charge on any atom is 0.119 e. The van der Waals surface area contributed by atoms with E-state index in [0.29, 0.717) is 5.56 Å². The van der Waals surface area contributed by atoms with Crippen LogP contribution in [0.1, 0.15) is 30.4 Å². The van der Waals surface area contributed by atoms with Crippen LogP contribution in [0.25, 0.3) is 0 Å². The summed E-state index contributed by atoms with van der Waals surface area (Å²) >= 11 is 0. The Labute approximate surface area is 83.4 Å². The van der Waals surface area contributed by atoms with Crippen LogP contribution in [0.15, 0.2) is 18.2 Å². The number of hydrogen-bond acceptors (Lipinski definition) is 2. The van der Waals surface area contributed by atoms with Gasteiger partial charge in [0.1, 0.15) is 11.5 Å². The van der Waals surface area contributed by atoms with Crippen LogP contribution in [0.5, 0.6) is 11.5 Å². The van der Waals surface area contributed by atoms with E-state index >= 15 is 0 Å². The van der Waals surface area contributed by atoms with E-state index in [1.165, 1.54) is 12.1 Å². The summed E-state index contributed by atoms with van der Waals surface area (Å²) in [5.74, 6) is 0.383. The SMILES string of the molecule is [2H]C([2H])([2H])Oc1ccc(O)c(C(C)(C)C)c1. The van der Waals surface area contributed by atoms with Crippen molar-refractivity contribution in [3.05, 3.63) is 23.8 Å². The highest BCUT2D eigenvalue weighted by atomic mass is 16.5. The fourth-order valence-corrected chi connectivity index (χ4v) is 1.18. The molecule has 0 atom stereocenters. The van der Waals surface area contributed by atoms with Crippen molar-refractivity contribution >= 4 is 0 Å². The Morgan fingerprint density at radius 3 is 2.62 bits per heavy atom. The van der Waals surface area contributed by atoms with Gasteiger partial charge in [-0.05, 0) is 23.6 Å². The lowest BCUT2D eigenvalue weighted by atomic mass is 9.86. The molecule has 2 heteroatoms. The van der Waals surface area contributed by atoms with E-state index in [0.717, 1.165) is 0 Å². The van der Waals surface area contributed by atoms with E-state index < -0.39 is 7.04 Å². The smallest absolute Gasteiger partial charge is 0.119 e. The number of rotatable bonds is 1. The van der Waals surface area contributed by atoms with Gasteiger partial charge in [-0.1, -0.05) is 20.8 Å². The second kappa shape index (κ2) is 3.29. The van der Waals surface area contributed by atoms with Crippen LogP contribution in [-0.2, 0) is 5.41 Å². The summed E-state index contributed by atoms with van der Waals surface area (Å²) in [6, 6.07) is 4.44. The average molecular weight is 183 g/mol. The fourth-order valence-electron chi connectivity index (χ4n) is 1.18. The highest BCUT2D eigenvalue weighted by Gasteiger charge is 2.18. The number of ether oxygens (including phenoxy) is 1. The number of benzene rings is 1. The molecule has 0 aliphatic rings. The Balaban J connectivity index is 3.09. The number of hydrogen-bond donors (Lipinski definition) is 1. The van der Waals surface area contributed by atoms with Crippen LogP contribution in [0.4, 0.5) is 0 Å². The number of aromatic hydroxyl groups is 1. The molecule has 0 aliphatic heterocycles. The Morgan fingerprint density at radius 1 is 1.38 bits per heavy atom. The summed E-state index contributed by atoms with van der Waals surface area (Å²) in [7, 11) is -2.47. The van der Waals surface area contributed by atoms with E-state index in [9.17, 15) is 5.11 Å². The Hall–Kier alpha value is -1.18. The largest absolute Gasteiger partial charge is 0.508 e. The van der Waals surface area contributed by atoms with Crippen molar-refractivity contribution in [2.24, 2.45) is 0 Å². The summed E-state index contributed by atoms with van der Waals surface area (Å²) in [5, 5.41) is 9.67. The third kappa shape index (κ3) is 2.14. The molecule has 1 rings (SSSR count). The van der Waals surface area contributed by atoms with Gasteiger partial charge in [0.2, 0.25) is 0 Å². The number of phenols is 1. The second-order valence-electron chi connectivity index (χ2n) is 4.03. The first-order valence-electron chi connectivity index (χ1n) is 5.62. The molecule has 0 bridgehead atoms. The van der Waals surface area contributed by atoms with E-state index in [2.05, 4.69) is 0 Å². The normalized spacial score (nSPS) is 15.8. The molecule has 0 radical (unpaired) electrons. The predicted octanol–water partition coefficient (Wildman–Crippen LogP) is 2.70. The van der Waals surface area contributed by atoms with E-state index in [1.54, 1.807) is 6.07 Å². The third-order valence-corrected chi connectivity index (χ3v) is 1.89. The fraction of sp³-hybridized carbons (Fsp3) is 0.455. The zero-order chi connectivity index (χ0) is 12.6. The molecule has 0 heterocycles. The van der Waals surface area contributed by atoms with Gasteiger partial charge in [0.05, 0.1) is 11.2 Å². The van der Waals surface area contributed by atoms with E-state index in [1.807, 2.05) is 20.8 Å². The van der Waals surface area contributed by atoms with Crippen LogP contribution in [0.3, 0.4) is 0 Å². The van der Waals surface area contributed by atoms with Gasteiger partial charge in [-0.25, -0.2) is 0 Å². The van der Waals surface area contributed by atoms with Crippen molar-refractivity contribution in [3.63, 3.8) is 0 Å².